The molecule has 2 aromatic carbocycles. The van der Waals surface area contributed by atoms with Crippen LogP contribution in [0.15, 0.2) is 54.6 Å². The highest BCUT2D eigenvalue weighted by atomic mass is 19.1. The molecule has 29 heavy (non-hydrogen) atoms. The van der Waals surface area contributed by atoms with Gasteiger partial charge in [0.15, 0.2) is 0 Å². The van der Waals surface area contributed by atoms with Gasteiger partial charge in [-0.15, -0.1) is 0 Å². The number of hydrogen-bond donors (Lipinski definition) is 3. The standard InChI is InChI=1S/C22H29FN4O2/c1-3-27(4-2)20(18-8-6-5-7-9-18)15-24-21(28)16-26-22(29)25-14-17-10-12-19(23)13-11-17/h5-13,20H,3-4,14-16H2,1-2H3,(H,24,28)(H2,25,26,29). The van der Waals surface area contributed by atoms with E-state index in [2.05, 4.69) is 46.8 Å². The molecule has 0 saturated carbocycles. The summed E-state index contributed by atoms with van der Waals surface area (Å²) in [5, 5.41) is 8.08. The molecule has 0 aromatic heterocycles. The van der Waals surface area contributed by atoms with Gasteiger partial charge in [-0.1, -0.05) is 56.3 Å². The molecule has 2 aromatic rings. The molecule has 7 heteroatoms. The number of benzene rings is 2. The van der Waals surface area contributed by atoms with E-state index in [1.54, 1.807) is 12.1 Å². The van der Waals surface area contributed by atoms with Crippen LogP contribution in [0.25, 0.3) is 0 Å². The summed E-state index contributed by atoms with van der Waals surface area (Å²) in [6.45, 7) is 6.53. The van der Waals surface area contributed by atoms with Crippen LogP contribution in [0.5, 0.6) is 0 Å². The molecule has 6 nitrogen and oxygen atoms in total. The molecule has 0 bridgehead atoms. The Morgan fingerprint density at radius 1 is 0.931 bits per heavy atom. The van der Waals surface area contributed by atoms with Gasteiger partial charge in [-0.25, -0.2) is 9.18 Å². The quantitative estimate of drug-likeness (QED) is 0.574. The van der Waals surface area contributed by atoms with Gasteiger partial charge in [0.05, 0.1) is 12.6 Å². The highest BCUT2D eigenvalue weighted by molar-refractivity contribution is 5.83. The molecular weight excluding hydrogens is 371 g/mol. The van der Waals surface area contributed by atoms with Gasteiger partial charge in [-0.2, -0.15) is 0 Å². The van der Waals surface area contributed by atoms with Gasteiger partial charge in [-0.3, -0.25) is 9.69 Å². The number of likely N-dealkylation sites (N-methyl/N-ethyl adjacent to an activating group) is 1. The maximum Gasteiger partial charge on any atom is 0.315 e. The topological polar surface area (TPSA) is 73.5 Å². The van der Waals surface area contributed by atoms with E-state index in [9.17, 15) is 14.0 Å². The summed E-state index contributed by atoms with van der Waals surface area (Å²) in [5.41, 5.74) is 1.91. The molecule has 156 valence electrons. The van der Waals surface area contributed by atoms with Crippen LogP contribution in [0, 0.1) is 5.82 Å². The van der Waals surface area contributed by atoms with Gasteiger partial charge in [0.2, 0.25) is 5.91 Å². The van der Waals surface area contributed by atoms with Gasteiger partial charge in [-0.05, 0) is 36.3 Å². The lowest BCUT2D eigenvalue weighted by atomic mass is 10.1. The van der Waals surface area contributed by atoms with Crippen LogP contribution >= 0.6 is 0 Å². The fourth-order valence-corrected chi connectivity index (χ4v) is 3.08. The smallest absolute Gasteiger partial charge is 0.315 e. The zero-order valence-electron chi connectivity index (χ0n) is 17.0. The van der Waals surface area contributed by atoms with Crippen LogP contribution in [0.2, 0.25) is 0 Å². The fraction of sp³-hybridized carbons (Fsp3) is 0.364. The summed E-state index contributed by atoms with van der Waals surface area (Å²) in [7, 11) is 0. The Morgan fingerprint density at radius 2 is 1.59 bits per heavy atom. The molecule has 1 atom stereocenters. The van der Waals surface area contributed by atoms with Crippen molar-refractivity contribution in [3.63, 3.8) is 0 Å². The lowest BCUT2D eigenvalue weighted by Crippen LogP contribution is -2.44. The summed E-state index contributed by atoms with van der Waals surface area (Å²) < 4.78 is 12.9. The van der Waals surface area contributed by atoms with Crippen LogP contribution in [0.4, 0.5) is 9.18 Å². The van der Waals surface area contributed by atoms with E-state index in [4.69, 9.17) is 0 Å². The summed E-state index contributed by atoms with van der Waals surface area (Å²) in [6.07, 6.45) is 0. The fourth-order valence-electron chi connectivity index (χ4n) is 3.08. The van der Waals surface area contributed by atoms with E-state index in [-0.39, 0.29) is 30.9 Å². The maximum atomic E-state index is 12.9. The van der Waals surface area contributed by atoms with E-state index < -0.39 is 6.03 Å². The van der Waals surface area contributed by atoms with Crippen LogP contribution in [0.1, 0.15) is 31.0 Å². The number of urea groups is 1. The molecule has 0 saturated heterocycles. The summed E-state index contributed by atoms with van der Waals surface area (Å²) in [4.78, 5) is 26.3. The van der Waals surface area contributed by atoms with Crippen molar-refractivity contribution in [2.75, 3.05) is 26.2 Å². The van der Waals surface area contributed by atoms with E-state index in [0.29, 0.717) is 6.54 Å². The lowest BCUT2D eigenvalue weighted by Gasteiger charge is -2.30. The second-order valence-electron chi connectivity index (χ2n) is 6.61. The number of nitrogens with one attached hydrogen (secondary N) is 3. The SMILES string of the molecule is CCN(CC)C(CNC(=O)CNC(=O)NCc1ccc(F)cc1)c1ccccc1. The van der Waals surface area contributed by atoms with E-state index in [1.165, 1.54) is 12.1 Å². The molecule has 0 aliphatic heterocycles. The molecule has 0 fully saturated rings. The molecule has 3 amide bonds. The van der Waals surface area contributed by atoms with Gasteiger partial charge >= 0.3 is 6.03 Å². The van der Waals surface area contributed by atoms with Crippen molar-refractivity contribution < 1.29 is 14.0 Å². The molecule has 0 spiro atoms. The first-order valence-electron chi connectivity index (χ1n) is 9.85. The minimum atomic E-state index is -0.451. The van der Waals surface area contributed by atoms with Crippen molar-refractivity contribution in [3.05, 3.63) is 71.5 Å². The number of hydrogen-bond acceptors (Lipinski definition) is 3. The Morgan fingerprint density at radius 3 is 2.21 bits per heavy atom. The van der Waals surface area contributed by atoms with Crippen LogP contribution < -0.4 is 16.0 Å². The molecule has 3 N–H and O–H groups in total. The van der Waals surface area contributed by atoms with Gasteiger partial charge in [0.25, 0.3) is 0 Å². The van der Waals surface area contributed by atoms with E-state index in [1.807, 2.05) is 18.2 Å². The summed E-state index contributed by atoms with van der Waals surface area (Å²) in [6, 6.07) is 15.5. The highest BCUT2D eigenvalue weighted by Crippen LogP contribution is 2.19. The third-order valence-corrected chi connectivity index (χ3v) is 4.71. The number of nitrogens with zero attached hydrogens (tertiary/aromatic N) is 1. The third kappa shape index (κ3) is 7.54. The van der Waals surface area contributed by atoms with Gasteiger partial charge in [0.1, 0.15) is 5.82 Å². The number of halogens is 1. The Kier molecular flexibility index (Phi) is 9.11. The van der Waals surface area contributed by atoms with Crippen LogP contribution in [-0.4, -0.2) is 43.0 Å². The monoisotopic (exact) mass is 400 g/mol. The average Bonchev–Trinajstić information content (AvgIpc) is 2.75. The number of carbonyl (C=O) groups is 2. The maximum absolute atomic E-state index is 12.9. The van der Waals surface area contributed by atoms with Crippen LogP contribution in [-0.2, 0) is 11.3 Å². The molecule has 2 rings (SSSR count). The zero-order chi connectivity index (χ0) is 21.1. The summed E-state index contributed by atoms with van der Waals surface area (Å²) >= 11 is 0. The zero-order valence-corrected chi connectivity index (χ0v) is 17.0. The normalized spacial score (nSPS) is 11.7. The number of amides is 3. The van der Waals surface area contributed by atoms with Crippen LogP contribution in [0.3, 0.4) is 0 Å². The van der Waals surface area contributed by atoms with Crippen molar-refractivity contribution in [2.45, 2.75) is 26.4 Å². The minimum absolute atomic E-state index is 0.0717. The third-order valence-electron chi connectivity index (χ3n) is 4.71. The Labute approximate surface area is 171 Å². The molecular formula is C22H29FN4O2. The molecule has 0 aliphatic rings. The van der Waals surface area contributed by atoms with Gasteiger partial charge in [0, 0.05) is 13.1 Å². The van der Waals surface area contributed by atoms with Crippen molar-refractivity contribution in [1.82, 2.24) is 20.9 Å². The predicted molar refractivity (Wildman–Crippen MR) is 112 cm³/mol. The highest BCUT2D eigenvalue weighted by Gasteiger charge is 2.18. The first kappa shape index (κ1) is 22.4. The second-order valence-corrected chi connectivity index (χ2v) is 6.61. The van der Waals surface area contributed by atoms with E-state index >= 15 is 0 Å². The predicted octanol–water partition coefficient (Wildman–Crippen LogP) is 2.82. The van der Waals surface area contributed by atoms with Crippen molar-refractivity contribution in [2.24, 2.45) is 0 Å². The van der Waals surface area contributed by atoms with Crippen molar-refractivity contribution >= 4 is 11.9 Å². The summed E-state index contributed by atoms with van der Waals surface area (Å²) in [5.74, 6) is -0.580. The number of carbonyl (C=O) groups excluding carboxylic acids is 2. The minimum Gasteiger partial charge on any atom is -0.353 e. The molecule has 0 aliphatic carbocycles. The molecule has 0 radical (unpaired) electrons. The Balaban J connectivity index is 1.78. The second kappa shape index (κ2) is 11.8. The molecule has 0 heterocycles. The Bertz CT molecular complexity index is 764. The number of rotatable bonds is 10. The Hall–Kier alpha value is -2.93. The van der Waals surface area contributed by atoms with Crippen molar-refractivity contribution in [3.8, 4) is 0 Å². The first-order chi connectivity index (χ1) is 14.0. The lowest BCUT2D eigenvalue weighted by molar-refractivity contribution is -0.120. The van der Waals surface area contributed by atoms with Crippen molar-refractivity contribution in [1.29, 1.82) is 0 Å². The van der Waals surface area contributed by atoms with E-state index in [0.717, 1.165) is 24.2 Å². The van der Waals surface area contributed by atoms with Gasteiger partial charge < -0.3 is 16.0 Å². The average molecular weight is 400 g/mol. The molecule has 1 unspecified atom stereocenters. The largest absolute Gasteiger partial charge is 0.353 e. The first-order valence-corrected chi connectivity index (χ1v) is 9.85.